The standard InChI is InChI=1S/C20H22BrN3OSi/c1-20(2,3)26(4,5)25-15-10-8-14(9-11-15)24-18(21)17(13-22)16-7-6-12-23-19(16)24/h6-12H,1-5H3. The molecular formula is C20H22BrN3OSi. The maximum atomic E-state index is 9.49. The van der Waals surface area contributed by atoms with E-state index in [0.717, 1.165) is 22.5 Å². The summed E-state index contributed by atoms with van der Waals surface area (Å²) in [5, 5.41) is 10.5. The number of aromatic nitrogens is 2. The highest BCUT2D eigenvalue weighted by atomic mass is 79.9. The molecule has 0 spiro atoms. The van der Waals surface area contributed by atoms with Crippen LogP contribution >= 0.6 is 15.9 Å². The zero-order valence-corrected chi connectivity index (χ0v) is 18.3. The van der Waals surface area contributed by atoms with Gasteiger partial charge in [-0.2, -0.15) is 5.26 Å². The molecular weight excluding hydrogens is 406 g/mol. The molecule has 134 valence electrons. The Morgan fingerprint density at radius 2 is 1.81 bits per heavy atom. The van der Waals surface area contributed by atoms with Gasteiger partial charge in [-0.15, -0.1) is 0 Å². The Morgan fingerprint density at radius 1 is 1.15 bits per heavy atom. The lowest BCUT2D eigenvalue weighted by atomic mass is 10.2. The van der Waals surface area contributed by atoms with E-state index < -0.39 is 8.32 Å². The predicted molar refractivity (Wildman–Crippen MR) is 111 cm³/mol. The molecule has 0 N–H and O–H groups in total. The maximum absolute atomic E-state index is 9.49. The molecule has 2 heterocycles. The zero-order valence-electron chi connectivity index (χ0n) is 15.7. The van der Waals surface area contributed by atoms with E-state index in [1.807, 2.05) is 41.0 Å². The summed E-state index contributed by atoms with van der Waals surface area (Å²) in [6, 6.07) is 14.0. The lowest BCUT2D eigenvalue weighted by Crippen LogP contribution is -2.43. The molecule has 3 rings (SSSR count). The van der Waals surface area contributed by atoms with Crippen molar-refractivity contribution in [1.82, 2.24) is 9.55 Å². The molecule has 6 heteroatoms. The maximum Gasteiger partial charge on any atom is 0.250 e. The molecule has 0 unspecified atom stereocenters. The number of rotatable bonds is 3. The van der Waals surface area contributed by atoms with Crippen LogP contribution in [0.5, 0.6) is 5.75 Å². The highest BCUT2D eigenvalue weighted by Gasteiger charge is 2.38. The highest BCUT2D eigenvalue weighted by molar-refractivity contribution is 9.10. The Labute approximate surface area is 163 Å². The minimum absolute atomic E-state index is 0.150. The molecule has 3 aromatic rings. The van der Waals surface area contributed by atoms with Gasteiger partial charge in [0.05, 0.1) is 5.56 Å². The molecule has 1 aromatic carbocycles. The first-order valence-corrected chi connectivity index (χ1v) is 12.2. The van der Waals surface area contributed by atoms with Gasteiger partial charge in [-0.3, -0.25) is 4.57 Å². The van der Waals surface area contributed by atoms with Gasteiger partial charge in [-0.25, -0.2) is 4.98 Å². The lowest BCUT2D eigenvalue weighted by molar-refractivity contribution is 0.492. The minimum atomic E-state index is -1.87. The molecule has 0 aliphatic heterocycles. The van der Waals surface area contributed by atoms with Gasteiger partial charge in [-0.05, 0) is 70.5 Å². The van der Waals surface area contributed by atoms with Gasteiger partial charge in [0.25, 0.3) is 0 Å². The molecule has 0 bridgehead atoms. The summed E-state index contributed by atoms with van der Waals surface area (Å²) in [5.74, 6) is 0.876. The van der Waals surface area contributed by atoms with Crippen molar-refractivity contribution < 1.29 is 4.43 Å². The highest BCUT2D eigenvalue weighted by Crippen LogP contribution is 2.38. The minimum Gasteiger partial charge on any atom is -0.544 e. The first-order valence-electron chi connectivity index (χ1n) is 8.50. The van der Waals surface area contributed by atoms with Crippen LogP contribution in [0.4, 0.5) is 0 Å². The van der Waals surface area contributed by atoms with Crippen LogP contribution in [0.25, 0.3) is 16.7 Å². The topological polar surface area (TPSA) is 50.8 Å². The van der Waals surface area contributed by atoms with E-state index >= 15 is 0 Å². The molecule has 0 fully saturated rings. The largest absolute Gasteiger partial charge is 0.544 e. The number of pyridine rings is 1. The summed E-state index contributed by atoms with van der Waals surface area (Å²) in [4.78, 5) is 4.46. The van der Waals surface area contributed by atoms with Crippen LogP contribution in [0.2, 0.25) is 18.1 Å². The number of halogens is 1. The summed E-state index contributed by atoms with van der Waals surface area (Å²) < 4.78 is 9.01. The quantitative estimate of drug-likeness (QED) is 0.478. The number of nitrogens with zero attached hydrogens (tertiary/aromatic N) is 3. The van der Waals surface area contributed by atoms with Crippen molar-refractivity contribution >= 4 is 35.3 Å². The van der Waals surface area contributed by atoms with Crippen LogP contribution < -0.4 is 4.43 Å². The van der Waals surface area contributed by atoms with Crippen LogP contribution in [0, 0.1) is 11.3 Å². The molecule has 0 aliphatic carbocycles. The molecule has 0 amide bonds. The third-order valence-corrected chi connectivity index (χ3v) is 10.2. The van der Waals surface area contributed by atoms with Crippen molar-refractivity contribution in [1.29, 1.82) is 5.26 Å². The fourth-order valence-corrected chi connectivity index (χ4v) is 4.25. The SMILES string of the molecule is CC(C)(C)[Si](C)(C)Oc1ccc(-n2c(Br)c(C#N)c3cccnc32)cc1. The summed E-state index contributed by atoms with van der Waals surface area (Å²) in [7, 11) is -1.87. The number of benzene rings is 1. The average molecular weight is 428 g/mol. The van der Waals surface area contributed by atoms with Gasteiger partial charge < -0.3 is 4.43 Å². The van der Waals surface area contributed by atoms with Crippen LogP contribution in [-0.4, -0.2) is 17.9 Å². The van der Waals surface area contributed by atoms with Gasteiger partial charge in [0.2, 0.25) is 8.32 Å². The molecule has 0 aliphatic rings. The second kappa shape index (κ2) is 6.56. The lowest BCUT2D eigenvalue weighted by Gasteiger charge is -2.36. The first-order chi connectivity index (χ1) is 12.2. The van der Waals surface area contributed by atoms with Crippen molar-refractivity contribution in [2.75, 3.05) is 0 Å². The summed E-state index contributed by atoms with van der Waals surface area (Å²) in [6.45, 7) is 11.2. The molecule has 0 saturated carbocycles. The molecule has 26 heavy (non-hydrogen) atoms. The van der Waals surface area contributed by atoms with Crippen molar-refractivity contribution in [3.8, 4) is 17.5 Å². The Hall–Kier alpha value is -2.10. The second-order valence-corrected chi connectivity index (χ2v) is 13.3. The first kappa shape index (κ1) is 18.7. The van der Waals surface area contributed by atoms with Gasteiger partial charge >= 0.3 is 0 Å². The number of nitriles is 1. The Kier molecular flexibility index (Phi) is 4.72. The van der Waals surface area contributed by atoms with Gasteiger partial charge in [-0.1, -0.05) is 20.8 Å². The normalized spacial score (nSPS) is 12.2. The smallest absolute Gasteiger partial charge is 0.250 e. The second-order valence-electron chi connectivity index (χ2n) is 7.84. The molecule has 2 aromatic heterocycles. The van der Waals surface area contributed by atoms with E-state index in [1.54, 1.807) is 6.20 Å². The summed E-state index contributed by atoms with van der Waals surface area (Å²) in [5.41, 5.74) is 2.29. The summed E-state index contributed by atoms with van der Waals surface area (Å²) in [6.07, 6.45) is 1.74. The Balaban J connectivity index is 2.02. The van der Waals surface area contributed by atoms with E-state index in [4.69, 9.17) is 4.43 Å². The third kappa shape index (κ3) is 3.17. The predicted octanol–water partition coefficient (Wildman–Crippen LogP) is 6.04. The van der Waals surface area contributed by atoms with E-state index in [1.165, 1.54) is 0 Å². The van der Waals surface area contributed by atoms with Gasteiger partial charge in [0.15, 0.2) is 0 Å². The van der Waals surface area contributed by atoms with E-state index in [-0.39, 0.29) is 5.04 Å². The third-order valence-electron chi connectivity index (χ3n) is 5.06. The number of fused-ring (bicyclic) bond motifs is 1. The molecule has 0 radical (unpaired) electrons. The van der Waals surface area contributed by atoms with Crippen LogP contribution in [0.15, 0.2) is 47.2 Å². The van der Waals surface area contributed by atoms with Gasteiger partial charge in [0, 0.05) is 17.3 Å². The van der Waals surface area contributed by atoms with Gasteiger partial charge in [0.1, 0.15) is 22.1 Å². The molecule has 0 atom stereocenters. The fourth-order valence-electron chi connectivity index (χ4n) is 2.54. The zero-order chi connectivity index (χ0) is 19.1. The van der Waals surface area contributed by atoms with Crippen LogP contribution in [-0.2, 0) is 0 Å². The van der Waals surface area contributed by atoms with Crippen molar-refractivity contribution in [3.63, 3.8) is 0 Å². The number of hydrogen-bond donors (Lipinski definition) is 0. The summed E-state index contributed by atoms with van der Waals surface area (Å²) >= 11 is 3.56. The van der Waals surface area contributed by atoms with Crippen molar-refractivity contribution in [2.45, 2.75) is 38.9 Å². The molecule has 0 saturated heterocycles. The Bertz CT molecular complexity index is 995. The van der Waals surface area contributed by atoms with Crippen molar-refractivity contribution in [2.24, 2.45) is 0 Å². The van der Waals surface area contributed by atoms with Crippen LogP contribution in [0.1, 0.15) is 26.3 Å². The van der Waals surface area contributed by atoms with Crippen LogP contribution in [0.3, 0.4) is 0 Å². The molecule has 4 nitrogen and oxygen atoms in total. The van der Waals surface area contributed by atoms with Crippen molar-refractivity contribution in [3.05, 3.63) is 52.8 Å². The van der Waals surface area contributed by atoms with E-state index in [2.05, 4.69) is 60.8 Å². The Morgan fingerprint density at radius 3 is 2.38 bits per heavy atom. The number of hydrogen-bond acceptors (Lipinski definition) is 3. The fraction of sp³-hybridized carbons (Fsp3) is 0.300. The van der Waals surface area contributed by atoms with E-state index in [9.17, 15) is 5.26 Å². The van der Waals surface area contributed by atoms with E-state index in [0.29, 0.717) is 10.2 Å². The monoisotopic (exact) mass is 427 g/mol. The average Bonchev–Trinajstić information content (AvgIpc) is 2.85.